The van der Waals surface area contributed by atoms with Crippen LogP contribution in [0.25, 0.3) is 20.2 Å². The molecule has 1 aliphatic heterocycles. The molecule has 3 aromatic rings. The van der Waals surface area contributed by atoms with E-state index in [4.69, 9.17) is 0 Å². The summed E-state index contributed by atoms with van der Waals surface area (Å²) in [4.78, 5) is 13.1. The zero-order valence-electron chi connectivity index (χ0n) is 9.60. The van der Waals surface area contributed by atoms with Gasteiger partial charge in [0.25, 0.3) is 0 Å². The standard InChI is InChI=1S/C15H10OS2/c16-12-5-6-17-14-7-10-9-3-1-2-4-13(9)18-15(10)8-11(12)14/h1-4,7-8H,5-6H2. The van der Waals surface area contributed by atoms with Crippen LogP contribution in [0.5, 0.6) is 0 Å². The van der Waals surface area contributed by atoms with Gasteiger partial charge in [0.1, 0.15) is 0 Å². The van der Waals surface area contributed by atoms with Crippen LogP contribution in [0, 0.1) is 0 Å². The van der Waals surface area contributed by atoms with Gasteiger partial charge in [-0.1, -0.05) is 18.2 Å². The second-order valence-corrected chi connectivity index (χ2v) is 6.68. The molecule has 2 heterocycles. The van der Waals surface area contributed by atoms with Crippen LogP contribution in [-0.4, -0.2) is 11.5 Å². The molecule has 88 valence electrons. The number of rotatable bonds is 0. The fourth-order valence-corrected chi connectivity index (χ4v) is 4.64. The first-order chi connectivity index (χ1) is 8.83. The molecule has 1 aromatic heterocycles. The summed E-state index contributed by atoms with van der Waals surface area (Å²) in [6, 6.07) is 12.7. The van der Waals surface area contributed by atoms with Crippen molar-refractivity contribution in [1.29, 1.82) is 0 Å². The smallest absolute Gasteiger partial charge is 0.164 e. The summed E-state index contributed by atoms with van der Waals surface area (Å²) in [5.74, 6) is 1.21. The van der Waals surface area contributed by atoms with Crippen molar-refractivity contribution in [2.75, 3.05) is 5.75 Å². The molecule has 0 spiro atoms. The van der Waals surface area contributed by atoms with Gasteiger partial charge in [0.15, 0.2) is 5.78 Å². The van der Waals surface area contributed by atoms with Gasteiger partial charge >= 0.3 is 0 Å². The van der Waals surface area contributed by atoms with E-state index in [0.29, 0.717) is 12.2 Å². The molecule has 0 radical (unpaired) electrons. The summed E-state index contributed by atoms with van der Waals surface area (Å²) in [5.41, 5.74) is 0.922. The van der Waals surface area contributed by atoms with Crippen molar-refractivity contribution in [3.8, 4) is 0 Å². The Bertz CT molecular complexity index is 786. The molecule has 18 heavy (non-hydrogen) atoms. The molecule has 0 unspecified atom stereocenters. The monoisotopic (exact) mass is 270 g/mol. The van der Waals surface area contributed by atoms with Crippen molar-refractivity contribution < 1.29 is 4.79 Å². The predicted octanol–water partition coefficient (Wildman–Crippen LogP) is 4.73. The van der Waals surface area contributed by atoms with Crippen molar-refractivity contribution in [3.63, 3.8) is 0 Å². The highest BCUT2D eigenvalue weighted by Gasteiger charge is 2.19. The summed E-state index contributed by atoms with van der Waals surface area (Å²) < 4.78 is 2.53. The SMILES string of the molecule is O=C1CCSc2cc3c(cc21)sc1ccccc13. The fraction of sp³-hybridized carbons (Fsp3) is 0.133. The first-order valence-electron chi connectivity index (χ1n) is 5.94. The predicted molar refractivity (Wildman–Crippen MR) is 79.0 cm³/mol. The van der Waals surface area contributed by atoms with Crippen LogP contribution in [-0.2, 0) is 0 Å². The zero-order chi connectivity index (χ0) is 12.1. The molecule has 2 aromatic carbocycles. The number of benzene rings is 2. The molecule has 0 saturated heterocycles. The normalized spacial score (nSPS) is 15.2. The second kappa shape index (κ2) is 3.84. The van der Waals surface area contributed by atoms with E-state index in [1.54, 1.807) is 23.1 Å². The van der Waals surface area contributed by atoms with Crippen LogP contribution in [0.4, 0.5) is 0 Å². The Morgan fingerprint density at radius 1 is 1.00 bits per heavy atom. The van der Waals surface area contributed by atoms with E-state index in [-0.39, 0.29) is 0 Å². The summed E-state index contributed by atoms with van der Waals surface area (Å²) in [6.07, 6.45) is 0.675. The number of ketones is 1. The van der Waals surface area contributed by atoms with Crippen molar-refractivity contribution in [2.45, 2.75) is 11.3 Å². The molecule has 0 N–H and O–H groups in total. The van der Waals surface area contributed by atoms with E-state index < -0.39 is 0 Å². The van der Waals surface area contributed by atoms with Gasteiger partial charge in [-0.15, -0.1) is 23.1 Å². The molecular weight excluding hydrogens is 260 g/mol. The molecule has 1 aliphatic rings. The molecule has 4 rings (SSSR count). The maximum Gasteiger partial charge on any atom is 0.164 e. The number of thioether (sulfide) groups is 1. The zero-order valence-corrected chi connectivity index (χ0v) is 11.2. The molecule has 0 aliphatic carbocycles. The topological polar surface area (TPSA) is 17.1 Å². The summed E-state index contributed by atoms with van der Waals surface area (Å²) >= 11 is 3.58. The number of carbonyl (C=O) groups is 1. The Labute approximate surface area is 113 Å². The van der Waals surface area contributed by atoms with Crippen molar-refractivity contribution in [1.82, 2.24) is 0 Å². The number of thiophene rings is 1. The Hall–Kier alpha value is -1.32. The van der Waals surface area contributed by atoms with E-state index in [0.717, 1.165) is 16.2 Å². The lowest BCUT2D eigenvalue weighted by atomic mass is 10.1. The number of hydrogen-bond acceptors (Lipinski definition) is 3. The lowest BCUT2D eigenvalue weighted by Crippen LogP contribution is -2.07. The van der Waals surface area contributed by atoms with E-state index >= 15 is 0 Å². The quantitative estimate of drug-likeness (QED) is 0.587. The van der Waals surface area contributed by atoms with Crippen LogP contribution in [0.3, 0.4) is 0 Å². The van der Waals surface area contributed by atoms with Crippen molar-refractivity contribution in [3.05, 3.63) is 42.0 Å². The van der Waals surface area contributed by atoms with Gasteiger partial charge in [-0.3, -0.25) is 4.79 Å². The minimum atomic E-state index is 0.295. The van der Waals surface area contributed by atoms with Crippen molar-refractivity contribution >= 4 is 49.1 Å². The lowest BCUT2D eigenvalue weighted by Gasteiger charge is -2.13. The number of carbonyl (C=O) groups excluding carboxylic acids is 1. The number of fused-ring (bicyclic) bond motifs is 4. The molecular formula is C15H10OS2. The van der Waals surface area contributed by atoms with E-state index in [2.05, 4.69) is 36.4 Å². The van der Waals surface area contributed by atoms with Crippen LogP contribution >= 0.6 is 23.1 Å². The van der Waals surface area contributed by atoms with Crippen LogP contribution in [0.1, 0.15) is 16.8 Å². The second-order valence-electron chi connectivity index (χ2n) is 4.46. The molecule has 0 atom stereocenters. The van der Waals surface area contributed by atoms with E-state index in [1.807, 2.05) is 0 Å². The van der Waals surface area contributed by atoms with E-state index in [1.165, 1.54) is 20.2 Å². The largest absolute Gasteiger partial charge is 0.294 e. The molecule has 3 heteroatoms. The Balaban J connectivity index is 2.13. The molecule has 0 amide bonds. The van der Waals surface area contributed by atoms with E-state index in [9.17, 15) is 4.79 Å². The molecule has 1 nitrogen and oxygen atoms in total. The van der Waals surface area contributed by atoms with Gasteiger partial charge in [0.05, 0.1) is 0 Å². The molecule has 0 fully saturated rings. The van der Waals surface area contributed by atoms with Gasteiger partial charge in [0.2, 0.25) is 0 Å². The van der Waals surface area contributed by atoms with Gasteiger partial charge in [-0.05, 0) is 18.2 Å². The summed E-state index contributed by atoms with van der Waals surface area (Å²) in [7, 11) is 0. The third kappa shape index (κ3) is 1.44. The highest BCUT2D eigenvalue weighted by atomic mass is 32.2. The van der Waals surface area contributed by atoms with Crippen LogP contribution in [0.15, 0.2) is 41.3 Å². The van der Waals surface area contributed by atoms with Gasteiger partial charge in [-0.25, -0.2) is 0 Å². The van der Waals surface area contributed by atoms with Crippen LogP contribution in [0.2, 0.25) is 0 Å². The fourth-order valence-electron chi connectivity index (χ4n) is 2.48. The third-order valence-electron chi connectivity index (χ3n) is 3.37. The minimum Gasteiger partial charge on any atom is -0.294 e. The summed E-state index contributed by atoms with van der Waals surface area (Å²) in [5, 5.41) is 2.59. The minimum absolute atomic E-state index is 0.295. The maximum absolute atomic E-state index is 11.9. The van der Waals surface area contributed by atoms with Gasteiger partial charge < -0.3 is 0 Å². The highest BCUT2D eigenvalue weighted by molar-refractivity contribution is 7.99. The first-order valence-corrected chi connectivity index (χ1v) is 7.74. The third-order valence-corrected chi connectivity index (χ3v) is 5.56. The summed E-state index contributed by atoms with van der Waals surface area (Å²) in [6.45, 7) is 0. The number of hydrogen-bond donors (Lipinski definition) is 0. The Morgan fingerprint density at radius 3 is 2.83 bits per heavy atom. The first kappa shape index (κ1) is 10.6. The number of Topliss-reactive ketones (excluding diaryl/α,β-unsaturated/α-hetero) is 1. The average molecular weight is 270 g/mol. The van der Waals surface area contributed by atoms with Crippen LogP contribution < -0.4 is 0 Å². The highest BCUT2D eigenvalue weighted by Crippen LogP contribution is 2.39. The Kier molecular flexibility index (Phi) is 2.26. The molecule has 0 saturated carbocycles. The Morgan fingerprint density at radius 2 is 1.89 bits per heavy atom. The van der Waals surface area contributed by atoms with Gasteiger partial charge in [-0.2, -0.15) is 0 Å². The average Bonchev–Trinajstić information content (AvgIpc) is 2.75. The van der Waals surface area contributed by atoms with Crippen molar-refractivity contribution in [2.24, 2.45) is 0 Å². The maximum atomic E-state index is 11.9. The lowest BCUT2D eigenvalue weighted by molar-refractivity contribution is 0.0985. The molecule has 0 bridgehead atoms. The van der Waals surface area contributed by atoms with Gasteiger partial charge in [0, 0.05) is 42.8 Å².